The number of alkyl halides is 3. The first-order valence-corrected chi connectivity index (χ1v) is 7.95. The van der Waals surface area contributed by atoms with Crippen LogP contribution in [0.15, 0.2) is 24.8 Å². The van der Waals surface area contributed by atoms with E-state index in [1.165, 1.54) is 0 Å². The van der Waals surface area contributed by atoms with E-state index < -0.39 is 25.0 Å². The van der Waals surface area contributed by atoms with Crippen molar-refractivity contribution in [3.8, 4) is 0 Å². The number of rotatable bonds is 14. The van der Waals surface area contributed by atoms with Crippen LogP contribution in [0.3, 0.4) is 0 Å². The highest BCUT2D eigenvalue weighted by molar-refractivity contribution is 5.16. The molecular weight excluding hydrogens is 293 g/mol. The predicted molar refractivity (Wildman–Crippen MR) is 83.8 cm³/mol. The van der Waals surface area contributed by atoms with E-state index in [1.807, 2.05) is 6.92 Å². The summed E-state index contributed by atoms with van der Waals surface area (Å²) in [6.07, 6.45) is 1.28. The minimum absolute atomic E-state index is 0.0817. The predicted octanol–water partition coefficient (Wildman–Crippen LogP) is 5.18. The molecule has 0 rings (SSSR count). The molecule has 22 heavy (non-hydrogen) atoms. The first kappa shape index (κ1) is 21.2. The molecule has 1 atom stereocenters. The summed E-state index contributed by atoms with van der Waals surface area (Å²) in [5.41, 5.74) is -2.32. The summed E-state index contributed by atoms with van der Waals surface area (Å²) in [5.74, 6) is 0. The van der Waals surface area contributed by atoms with Crippen LogP contribution in [-0.4, -0.2) is 30.1 Å². The van der Waals surface area contributed by atoms with Gasteiger partial charge in [0, 0.05) is 0 Å². The van der Waals surface area contributed by atoms with Crippen LogP contribution < -0.4 is 0 Å². The minimum Gasteiger partial charge on any atom is -0.377 e. The molecule has 0 aromatic rings. The Hall–Kier alpha value is -0.810. The van der Waals surface area contributed by atoms with Gasteiger partial charge in [-0.2, -0.15) is 8.78 Å². The van der Waals surface area contributed by atoms with Gasteiger partial charge < -0.3 is 9.84 Å². The third kappa shape index (κ3) is 6.53. The lowest BCUT2D eigenvalue weighted by Crippen LogP contribution is -2.51. The molecule has 2 nitrogen and oxygen atoms in total. The zero-order valence-electron chi connectivity index (χ0n) is 13.6. The molecule has 1 unspecified atom stereocenters. The molecule has 0 fully saturated rings. The van der Waals surface area contributed by atoms with Gasteiger partial charge in [0.2, 0.25) is 0 Å². The molecule has 5 heteroatoms. The largest absolute Gasteiger partial charge is 0.388 e. The van der Waals surface area contributed by atoms with E-state index in [1.54, 1.807) is 6.08 Å². The average molecular weight is 322 g/mol. The minimum atomic E-state index is -3.76. The molecule has 0 aromatic carbocycles. The third-order valence-corrected chi connectivity index (χ3v) is 3.66. The number of aliphatic hydroxyl groups is 1. The molecular formula is C17H29F3O2. The lowest BCUT2D eigenvalue weighted by Gasteiger charge is -2.37. The van der Waals surface area contributed by atoms with Crippen molar-refractivity contribution in [3.63, 3.8) is 0 Å². The Kier molecular flexibility index (Phi) is 10.4. The summed E-state index contributed by atoms with van der Waals surface area (Å²) in [7, 11) is 0. The highest BCUT2D eigenvalue weighted by atomic mass is 19.3. The van der Waals surface area contributed by atoms with Crippen LogP contribution in [0.2, 0.25) is 0 Å². The van der Waals surface area contributed by atoms with Crippen molar-refractivity contribution < 1.29 is 23.0 Å². The standard InChI is InChI=1S/C17H29F3O2/c1-4-6-8-9-12-16(21,15(3)11-7-5-2)17(19,20)22-14-10-13-18/h4,21H,1,3,5-14H2,2H3. The Morgan fingerprint density at radius 1 is 1.23 bits per heavy atom. The molecule has 0 aliphatic heterocycles. The highest BCUT2D eigenvalue weighted by Gasteiger charge is 2.54. The zero-order valence-corrected chi connectivity index (χ0v) is 13.6. The molecule has 1 N–H and O–H groups in total. The van der Waals surface area contributed by atoms with E-state index in [0.29, 0.717) is 32.1 Å². The normalized spacial score (nSPS) is 14.6. The lowest BCUT2D eigenvalue weighted by atomic mass is 9.84. The Morgan fingerprint density at radius 3 is 2.45 bits per heavy atom. The summed E-state index contributed by atoms with van der Waals surface area (Å²) in [4.78, 5) is 0. The first-order chi connectivity index (χ1) is 10.4. The van der Waals surface area contributed by atoms with Gasteiger partial charge in [0.15, 0.2) is 5.60 Å². The van der Waals surface area contributed by atoms with Gasteiger partial charge in [-0.05, 0) is 50.5 Å². The van der Waals surface area contributed by atoms with E-state index >= 15 is 0 Å². The van der Waals surface area contributed by atoms with Gasteiger partial charge in [-0.25, -0.2) is 0 Å². The zero-order chi connectivity index (χ0) is 17.1. The van der Waals surface area contributed by atoms with E-state index in [4.69, 9.17) is 0 Å². The molecule has 0 spiro atoms. The number of halogens is 3. The van der Waals surface area contributed by atoms with Crippen LogP contribution in [0.4, 0.5) is 13.2 Å². The molecule has 0 aromatic heterocycles. The monoisotopic (exact) mass is 322 g/mol. The molecule has 0 bridgehead atoms. The Labute approximate surface area is 132 Å². The smallest absolute Gasteiger partial charge is 0.377 e. The molecule has 0 aliphatic rings. The molecule has 0 saturated carbocycles. The molecule has 0 amide bonds. The second-order valence-electron chi connectivity index (χ2n) is 5.51. The maximum absolute atomic E-state index is 14.3. The first-order valence-electron chi connectivity index (χ1n) is 7.95. The molecule has 0 saturated heterocycles. The Balaban J connectivity index is 4.93. The van der Waals surface area contributed by atoms with E-state index in [2.05, 4.69) is 17.9 Å². The van der Waals surface area contributed by atoms with Crippen LogP contribution >= 0.6 is 0 Å². The van der Waals surface area contributed by atoms with Crippen LogP contribution in [0, 0.1) is 0 Å². The summed E-state index contributed by atoms with van der Waals surface area (Å²) < 4.78 is 45.2. The van der Waals surface area contributed by atoms with Gasteiger partial charge in [0.1, 0.15) is 0 Å². The number of hydrogen-bond donors (Lipinski definition) is 1. The van der Waals surface area contributed by atoms with E-state index in [-0.39, 0.29) is 18.4 Å². The topological polar surface area (TPSA) is 29.5 Å². The maximum Gasteiger partial charge on any atom is 0.388 e. The number of unbranched alkanes of at least 4 members (excludes halogenated alkanes) is 3. The second-order valence-corrected chi connectivity index (χ2v) is 5.51. The molecule has 0 radical (unpaired) electrons. The lowest BCUT2D eigenvalue weighted by molar-refractivity contribution is -0.321. The van der Waals surface area contributed by atoms with Crippen molar-refractivity contribution in [2.75, 3.05) is 13.3 Å². The molecule has 0 aliphatic carbocycles. The summed E-state index contributed by atoms with van der Waals surface area (Å²) >= 11 is 0. The fourth-order valence-corrected chi connectivity index (χ4v) is 2.17. The summed E-state index contributed by atoms with van der Waals surface area (Å²) in [5, 5.41) is 10.5. The van der Waals surface area contributed by atoms with Gasteiger partial charge in [-0.15, -0.1) is 6.58 Å². The van der Waals surface area contributed by atoms with Crippen LogP contribution in [0.25, 0.3) is 0 Å². The number of hydrogen-bond acceptors (Lipinski definition) is 2. The average Bonchev–Trinajstić information content (AvgIpc) is 2.48. The van der Waals surface area contributed by atoms with Crippen LogP contribution in [0.1, 0.15) is 58.3 Å². The van der Waals surface area contributed by atoms with Crippen molar-refractivity contribution in [2.45, 2.75) is 70.0 Å². The van der Waals surface area contributed by atoms with Gasteiger partial charge in [0.25, 0.3) is 0 Å². The van der Waals surface area contributed by atoms with Crippen molar-refractivity contribution in [1.82, 2.24) is 0 Å². The third-order valence-electron chi connectivity index (χ3n) is 3.66. The number of allylic oxidation sites excluding steroid dienone is 1. The van der Waals surface area contributed by atoms with Crippen LogP contribution in [0.5, 0.6) is 0 Å². The summed E-state index contributed by atoms with van der Waals surface area (Å²) in [6, 6.07) is 0. The van der Waals surface area contributed by atoms with Crippen molar-refractivity contribution >= 4 is 0 Å². The van der Waals surface area contributed by atoms with Gasteiger partial charge in [0.05, 0.1) is 13.3 Å². The SMILES string of the molecule is C=CCCCCC(O)(C(=C)CCCC)C(F)(F)OCCCF. The van der Waals surface area contributed by atoms with Gasteiger partial charge in [-0.1, -0.05) is 26.0 Å². The molecule has 0 heterocycles. The van der Waals surface area contributed by atoms with Gasteiger partial charge >= 0.3 is 6.11 Å². The fourth-order valence-electron chi connectivity index (χ4n) is 2.17. The Morgan fingerprint density at radius 2 is 1.91 bits per heavy atom. The van der Waals surface area contributed by atoms with Crippen LogP contribution in [-0.2, 0) is 4.74 Å². The summed E-state index contributed by atoms with van der Waals surface area (Å²) in [6.45, 7) is 8.01. The maximum atomic E-state index is 14.3. The quantitative estimate of drug-likeness (QED) is 0.353. The highest BCUT2D eigenvalue weighted by Crippen LogP contribution is 2.41. The van der Waals surface area contributed by atoms with Crippen molar-refractivity contribution in [3.05, 3.63) is 24.8 Å². The molecule has 130 valence electrons. The van der Waals surface area contributed by atoms with Gasteiger partial charge in [-0.3, -0.25) is 4.39 Å². The fraction of sp³-hybridized carbons (Fsp3) is 0.765. The van der Waals surface area contributed by atoms with E-state index in [0.717, 1.165) is 6.42 Å². The van der Waals surface area contributed by atoms with Crippen molar-refractivity contribution in [2.24, 2.45) is 0 Å². The van der Waals surface area contributed by atoms with E-state index in [9.17, 15) is 18.3 Å². The number of ether oxygens (including phenoxy) is 1. The second kappa shape index (κ2) is 10.8. The van der Waals surface area contributed by atoms with Crippen molar-refractivity contribution in [1.29, 1.82) is 0 Å². The Bertz CT molecular complexity index is 332.